The smallest absolute Gasteiger partial charge is 0.419 e. The zero-order chi connectivity index (χ0) is 34.9. The van der Waals surface area contributed by atoms with Gasteiger partial charge in [0.25, 0.3) is 5.91 Å². The molecule has 0 radical (unpaired) electrons. The Bertz CT molecular complexity index is 2150. The molecule has 0 spiro atoms. The predicted octanol–water partition coefficient (Wildman–Crippen LogP) is 5.87. The van der Waals surface area contributed by atoms with E-state index in [1.807, 2.05) is 0 Å². The van der Waals surface area contributed by atoms with Gasteiger partial charge in [0.2, 0.25) is 5.91 Å². The van der Waals surface area contributed by atoms with E-state index in [4.69, 9.17) is 14.9 Å². The van der Waals surface area contributed by atoms with Crippen molar-refractivity contribution in [3.8, 4) is 17.0 Å². The fraction of sp³-hybridized carbons (Fsp3) is 0.257. The lowest BCUT2D eigenvalue weighted by molar-refractivity contribution is -0.140. The number of halogens is 5. The van der Waals surface area contributed by atoms with Gasteiger partial charge >= 0.3 is 6.18 Å². The summed E-state index contributed by atoms with van der Waals surface area (Å²) in [5, 5.41) is 15.1. The van der Waals surface area contributed by atoms with Gasteiger partial charge in [0.15, 0.2) is 11.5 Å². The van der Waals surface area contributed by atoms with Gasteiger partial charge in [0.05, 0.1) is 17.8 Å². The number of alkyl halides is 3. The second kappa shape index (κ2) is 11.4. The minimum absolute atomic E-state index is 0.000189. The molecule has 1 fully saturated rings. The summed E-state index contributed by atoms with van der Waals surface area (Å²) in [6.45, 7) is 0.489. The first-order chi connectivity index (χ1) is 23.2. The van der Waals surface area contributed by atoms with Gasteiger partial charge in [-0.25, -0.2) is 18.7 Å². The number of benzene rings is 3. The standard InChI is InChI=1S/C35H27F5N4O5/c1-33(32(41)46)16-48-29-22(33)13-27(44-28(29)20-12-21(35(38,39)40)24(37)14-23(20)36)34(47,19-5-3-2-4-6-19)15-42-30(45)18-9-10-25-26(11-18)49-31(43-25)17-7-8-17/h2-6,9-14,17,47H,7-8,15-16H2,1H3,(H2,41,46)(H,42,45)/t33-,34+/m0/s1. The molecule has 49 heavy (non-hydrogen) atoms. The van der Waals surface area contributed by atoms with Crippen LogP contribution in [0, 0.1) is 11.6 Å². The molecule has 252 valence electrons. The first-order valence-corrected chi connectivity index (χ1v) is 15.2. The van der Waals surface area contributed by atoms with Gasteiger partial charge in [-0.05, 0) is 55.7 Å². The Morgan fingerprint density at radius 1 is 1.02 bits per heavy atom. The highest BCUT2D eigenvalue weighted by atomic mass is 19.4. The minimum Gasteiger partial charge on any atom is -0.489 e. The van der Waals surface area contributed by atoms with Gasteiger partial charge in [-0.3, -0.25) is 9.59 Å². The van der Waals surface area contributed by atoms with E-state index in [2.05, 4.69) is 15.3 Å². The second-order valence-electron chi connectivity index (χ2n) is 12.4. The molecule has 14 heteroatoms. The number of aliphatic hydroxyl groups is 1. The number of carbonyl (C=O) groups excluding carboxylic acids is 2. The van der Waals surface area contributed by atoms with Crippen molar-refractivity contribution in [3.05, 3.63) is 112 Å². The Labute approximate surface area is 274 Å². The van der Waals surface area contributed by atoms with Gasteiger partial charge in [0, 0.05) is 28.7 Å². The molecule has 9 nitrogen and oxygen atoms in total. The molecule has 5 aromatic rings. The molecule has 2 aromatic heterocycles. The van der Waals surface area contributed by atoms with Gasteiger partial charge in [-0.2, -0.15) is 13.2 Å². The van der Waals surface area contributed by atoms with E-state index in [0.29, 0.717) is 17.0 Å². The summed E-state index contributed by atoms with van der Waals surface area (Å²) in [6, 6.07) is 14.2. The molecule has 1 aliphatic carbocycles. The minimum atomic E-state index is -5.20. The Morgan fingerprint density at radius 2 is 1.76 bits per heavy atom. The average Bonchev–Trinajstić information content (AvgIpc) is 3.74. The van der Waals surface area contributed by atoms with Crippen LogP contribution in [-0.2, 0) is 22.0 Å². The molecular formula is C35H27F5N4O5. The monoisotopic (exact) mass is 678 g/mol. The lowest BCUT2D eigenvalue weighted by Crippen LogP contribution is -2.43. The Hall–Kier alpha value is -5.37. The van der Waals surface area contributed by atoms with E-state index in [9.17, 15) is 32.3 Å². The van der Waals surface area contributed by atoms with Crippen molar-refractivity contribution in [2.75, 3.05) is 13.2 Å². The third-order valence-electron chi connectivity index (χ3n) is 9.01. The molecule has 1 saturated carbocycles. The van der Waals surface area contributed by atoms with Crippen LogP contribution in [0.4, 0.5) is 22.0 Å². The molecule has 7 rings (SSSR count). The number of ether oxygens (including phenoxy) is 1. The molecule has 2 aliphatic rings. The van der Waals surface area contributed by atoms with Gasteiger partial charge in [-0.1, -0.05) is 30.3 Å². The molecule has 2 amide bonds. The lowest BCUT2D eigenvalue weighted by atomic mass is 9.80. The largest absolute Gasteiger partial charge is 0.489 e. The highest BCUT2D eigenvalue weighted by Gasteiger charge is 2.47. The number of fused-ring (bicyclic) bond motifs is 2. The zero-order valence-electron chi connectivity index (χ0n) is 25.7. The van der Waals surface area contributed by atoms with Crippen LogP contribution in [0.25, 0.3) is 22.4 Å². The molecule has 4 N–H and O–H groups in total. The van der Waals surface area contributed by atoms with Crippen LogP contribution in [-0.4, -0.2) is 40.0 Å². The highest BCUT2D eigenvalue weighted by molar-refractivity contribution is 5.97. The number of pyridine rings is 1. The SMILES string of the molecule is C[C@]1(C(N)=O)COc2c1cc([C@@](O)(CNC(=O)c1ccc3nc(C4CC4)oc3c1)c1ccccc1)nc2-c1cc(C(F)(F)F)c(F)cc1F. The van der Waals surface area contributed by atoms with E-state index in [-0.39, 0.29) is 52.8 Å². The number of carbonyl (C=O) groups is 2. The van der Waals surface area contributed by atoms with Crippen LogP contribution in [0.5, 0.6) is 5.75 Å². The highest BCUT2D eigenvalue weighted by Crippen LogP contribution is 2.48. The van der Waals surface area contributed by atoms with E-state index < -0.39 is 64.0 Å². The second-order valence-corrected chi connectivity index (χ2v) is 12.4. The number of primary amides is 1. The van der Waals surface area contributed by atoms with Crippen LogP contribution in [0.2, 0.25) is 0 Å². The van der Waals surface area contributed by atoms with Gasteiger partial charge < -0.3 is 25.3 Å². The molecule has 0 bridgehead atoms. The number of nitrogens with zero attached hydrogens (tertiary/aromatic N) is 2. The van der Waals surface area contributed by atoms with Crippen molar-refractivity contribution in [3.63, 3.8) is 0 Å². The Balaban J connectivity index is 1.35. The van der Waals surface area contributed by atoms with Crippen LogP contribution in [0.1, 0.15) is 64.3 Å². The lowest BCUT2D eigenvalue weighted by Gasteiger charge is -2.30. The quantitative estimate of drug-likeness (QED) is 0.175. The van der Waals surface area contributed by atoms with Gasteiger partial charge in [0.1, 0.15) is 46.2 Å². The molecule has 0 saturated heterocycles. The van der Waals surface area contributed by atoms with Crippen molar-refractivity contribution < 1.29 is 45.8 Å². The van der Waals surface area contributed by atoms with E-state index in [1.165, 1.54) is 37.3 Å². The number of amides is 2. The fourth-order valence-electron chi connectivity index (χ4n) is 5.88. The average molecular weight is 679 g/mol. The zero-order valence-corrected chi connectivity index (χ0v) is 25.7. The number of rotatable bonds is 8. The summed E-state index contributed by atoms with van der Waals surface area (Å²) in [4.78, 5) is 35.0. The van der Waals surface area contributed by atoms with Crippen molar-refractivity contribution in [1.29, 1.82) is 0 Å². The van der Waals surface area contributed by atoms with Crippen molar-refractivity contribution >= 4 is 22.9 Å². The number of nitrogens with two attached hydrogens (primary N) is 1. The molecular weight excluding hydrogens is 651 g/mol. The van der Waals surface area contributed by atoms with Crippen LogP contribution in [0.3, 0.4) is 0 Å². The summed E-state index contributed by atoms with van der Waals surface area (Å²) < 4.78 is 82.4. The first-order valence-electron chi connectivity index (χ1n) is 15.2. The molecule has 0 unspecified atom stereocenters. The Kier molecular flexibility index (Phi) is 7.47. The fourth-order valence-corrected chi connectivity index (χ4v) is 5.88. The molecule has 3 aromatic carbocycles. The number of aromatic nitrogens is 2. The summed E-state index contributed by atoms with van der Waals surface area (Å²) in [6.07, 6.45) is -3.25. The summed E-state index contributed by atoms with van der Waals surface area (Å²) in [5.41, 5.74) is -0.127. The van der Waals surface area contributed by atoms with E-state index in [0.717, 1.165) is 12.8 Å². The first kappa shape index (κ1) is 32.2. The molecule has 1 aliphatic heterocycles. The third kappa shape index (κ3) is 5.55. The summed E-state index contributed by atoms with van der Waals surface area (Å²) >= 11 is 0. The summed E-state index contributed by atoms with van der Waals surface area (Å²) in [7, 11) is 0. The maximum Gasteiger partial charge on any atom is 0.419 e. The van der Waals surface area contributed by atoms with Crippen molar-refractivity contribution in [2.45, 2.75) is 42.9 Å². The van der Waals surface area contributed by atoms with Gasteiger partial charge in [-0.15, -0.1) is 0 Å². The summed E-state index contributed by atoms with van der Waals surface area (Å²) in [5.74, 6) is -4.18. The molecule has 3 heterocycles. The maximum atomic E-state index is 15.4. The van der Waals surface area contributed by atoms with Crippen molar-refractivity contribution in [2.24, 2.45) is 5.73 Å². The number of nitrogens with one attached hydrogen (secondary N) is 1. The van der Waals surface area contributed by atoms with Crippen LogP contribution >= 0.6 is 0 Å². The normalized spacial score (nSPS) is 18.5. The maximum absolute atomic E-state index is 15.4. The van der Waals surface area contributed by atoms with Crippen LogP contribution < -0.4 is 15.8 Å². The van der Waals surface area contributed by atoms with Crippen LogP contribution in [0.15, 0.2) is 71.1 Å². The number of oxazole rings is 1. The Morgan fingerprint density at radius 3 is 2.43 bits per heavy atom. The molecule has 2 atom stereocenters. The topological polar surface area (TPSA) is 141 Å². The van der Waals surface area contributed by atoms with E-state index in [1.54, 1.807) is 24.3 Å². The third-order valence-corrected chi connectivity index (χ3v) is 9.01. The number of hydrogen-bond donors (Lipinski definition) is 3. The van der Waals surface area contributed by atoms with Crippen molar-refractivity contribution in [1.82, 2.24) is 15.3 Å². The predicted molar refractivity (Wildman–Crippen MR) is 164 cm³/mol. The van der Waals surface area contributed by atoms with E-state index >= 15 is 4.39 Å². The number of hydrogen-bond acceptors (Lipinski definition) is 7.